The van der Waals surface area contributed by atoms with Gasteiger partial charge in [0.1, 0.15) is 17.1 Å². The van der Waals surface area contributed by atoms with Crippen molar-refractivity contribution in [2.45, 2.75) is 0 Å². The van der Waals surface area contributed by atoms with E-state index in [-0.39, 0.29) is 16.7 Å². The Balaban J connectivity index is 2.98. The largest absolute Gasteiger partial charge is 0.506 e. The van der Waals surface area contributed by atoms with E-state index in [9.17, 15) is 14.7 Å². The molecule has 7 nitrogen and oxygen atoms in total. The van der Waals surface area contributed by atoms with Crippen LogP contribution in [0.1, 0.15) is 20.8 Å². The fourth-order valence-electron chi connectivity index (χ4n) is 1.79. The number of nitrogens with zero attached hydrogens (tertiary/aromatic N) is 1. The van der Waals surface area contributed by atoms with Crippen LogP contribution in [0.25, 0.3) is 10.9 Å². The number of aromatic nitrogens is 1. The summed E-state index contributed by atoms with van der Waals surface area (Å²) in [6.45, 7) is 0. The average Bonchev–Trinajstić information content (AvgIpc) is 2.36. The highest BCUT2D eigenvalue weighted by Gasteiger charge is 2.26. The molecule has 0 aliphatic heterocycles. The van der Waals surface area contributed by atoms with Crippen molar-refractivity contribution >= 4 is 22.8 Å². The van der Waals surface area contributed by atoms with Crippen LogP contribution in [0, 0.1) is 0 Å². The second-order valence-corrected chi connectivity index (χ2v) is 3.65. The van der Waals surface area contributed by atoms with E-state index in [1.807, 2.05) is 0 Å². The van der Waals surface area contributed by atoms with Gasteiger partial charge in [0.25, 0.3) is 0 Å². The first-order valence-corrected chi connectivity index (χ1v) is 5.13. The van der Waals surface area contributed by atoms with Crippen LogP contribution >= 0.6 is 0 Å². The van der Waals surface area contributed by atoms with Crippen LogP contribution in [0.15, 0.2) is 18.2 Å². The first-order valence-electron chi connectivity index (χ1n) is 5.13. The molecule has 0 unspecified atom stereocenters. The van der Waals surface area contributed by atoms with Gasteiger partial charge in [-0.2, -0.15) is 0 Å². The van der Waals surface area contributed by atoms with Gasteiger partial charge in [-0.25, -0.2) is 14.6 Å². The lowest BCUT2D eigenvalue weighted by atomic mass is 10.1. The maximum atomic E-state index is 11.1. The molecule has 0 aliphatic carbocycles. The van der Waals surface area contributed by atoms with Gasteiger partial charge in [0.15, 0.2) is 5.69 Å². The van der Waals surface area contributed by atoms with Crippen LogP contribution in [0.5, 0.6) is 11.5 Å². The zero-order valence-electron chi connectivity index (χ0n) is 9.75. The molecule has 0 saturated heterocycles. The Hall–Kier alpha value is -2.83. The summed E-state index contributed by atoms with van der Waals surface area (Å²) in [5, 5.41) is 28.0. The average molecular weight is 263 g/mol. The monoisotopic (exact) mass is 263 g/mol. The van der Waals surface area contributed by atoms with Crippen molar-refractivity contribution in [2.24, 2.45) is 0 Å². The summed E-state index contributed by atoms with van der Waals surface area (Å²) in [7, 11) is 1.35. The molecule has 3 N–H and O–H groups in total. The standard InChI is InChI=1S/C12H9NO6/c1-19-6-4-2-3-5-7(6)10(14)8(11(15)16)9(13-5)12(17)18/h2-4H,1H3,(H,13,14)(H,15,16)(H,17,18). The summed E-state index contributed by atoms with van der Waals surface area (Å²) in [6.07, 6.45) is 0. The molecule has 0 radical (unpaired) electrons. The zero-order valence-corrected chi connectivity index (χ0v) is 9.75. The van der Waals surface area contributed by atoms with Gasteiger partial charge in [-0.3, -0.25) is 0 Å². The molecule has 0 saturated carbocycles. The molecular formula is C12H9NO6. The molecule has 1 heterocycles. The molecule has 0 spiro atoms. The number of rotatable bonds is 3. The number of fused-ring (bicyclic) bond motifs is 1. The summed E-state index contributed by atoms with van der Waals surface area (Å²) >= 11 is 0. The van der Waals surface area contributed by atoms with E-state index in [4.69, 9.17) is 14.9 Å². The molecule has 19 heavy (non-hydrogen) atoms. The van der Waals surface area contributed by atoms with Crippen molar-refractivity contribution in [2.75, 3.05) is 7.11 Å². The molecule has 0 amide bonds. The number of benzene rings is 1. The number of hydrogen-bond donors (Lipinski definition) is 3. The van der Waals surface area contributed by atoms with Gasteiger partial charge in [-0.15, -0.1) is 0 Å². The van der Waals surface area contributed by atoms with Gasteiger partial charge in [-0.05, 0) is 12.1 Å². The Bertz CT molecular complexity index is 694. The summed E-state index contributed by atoms with van der Waals surface area (Å²) in [5.74, 6) is -3.57. The Labute approximate surface area is 106 Å². The highest BCUT2D eigenvalue weighted by molar-refractivity contribution is 6.08. The van der Waals surface area contributed by atoms with Gasteiger partial charge in [-0.1, -0.05) is 6.07 Å². The Kier molecular flexibility index (Phi) is 2.95. The molecule has 2 aromatic rings. The summed E-state index contributed by atoms with van der Waals surface area (Å²) in [6, 6.07) is 4.52. The lowest BCUT2D eigenvalue weighted by Gasteiger charge is -2.10. The third-order valence-corrected chi connectivity index (χ3v) is 2.58. The molecule has 7 heteroatoms. The molecule has 2 rings (SSSR count). The first kappa shape index (κ1) is 12.6. The number of aromatic hydroxyl groups is 1. The van der Waals surface area contributed by atoms with Crippen molar-refractivity contribution in [3.8, 4) is 11.5 Å². The minimum absolute atomic E-state index is 0.0624. The number of carbonyl (C=O) groups is 2. The van der Waals surface area contributed by atoms with Gasteiger partial charge in [0.05, 0.1) is 18.0 Å². The van der Waals surface area contributed by atoms with Crippen molar-refractivity contribution in [3.05, 3.63) is 29.5 Å². The van der Waals surface area contributed by atoms with Crippen molar-refractivity contribution < 1.29 is 29.6 Å². The number of carboxylic acids is 2. The van der Waals surface area contributed by atoms with Gasteiger partial charge >= 0.3 is 11.9 Å². The van der Waals surface area contributed by atoms with E-state index in [1.54, 1.807) is 6.07 Å². The minimum atomic E-state index is -1.57. The SMILES string of the molecule is COc1cccc2nc(C(=O)O)c(C(=O)O)c(O)c12. The molecule has 0 fully saturated rings. The van der Waals surface area contributed by atoms with Crippen molar-refractivity contribution in [1.82, 2.24) is 4.98 Å². The Morgan fingerprint density at radius 3 is 2.42 bits per heavy atom. The molecular weight excluding hydrogens is 254 g/mol. The molecule has 1 aromatic heterocycles. The molecule has 1 aromatic carbocycles. The number of methoxy groups -OCH3 is 1. The van der Waals surface area contributed by atoms with E-state index in [0.717, 1.165) is 0 Å². The predicted octanol–water partition coefficient (Wildman–Crippen LogP) is 1.35. The lowest BCUT2D eigenvalue weighted by molar-refractivity contribution is 0.0644. The molecule has 0 aliphatic rings. The third kappa shape index (κ3) is 1.90. The lowest BCUT2D eigenvalue weighted by Crippen LogP contribution is -2.11. The first-order chi connectivity index (χ1) is 8.97. The molecule has 0 atom stereocenters. The highest BCUT2D eigenvalue weighted by Crippen LogP contribution is 2.36. The van der Waals surface area contributed by atoms with Crippen LogP contribution in [0.3, 0.4) is 0 Å². The highest BCUT2D eigenvalue weighted by atomic mass is 16.5. The summed E-state index contributed by atoms with van der Waals surface area (Å²) in [5.41, 5.74) is -1.34. The van der Waals surface area contributed by atoms with E-state index in [1.165, 1.54) is 19.2 Å². The van der Waals surface area contributed by atoms with E-state index in [0.29, 0.717) is 0 Å². The predicted molar refractivity (Wildman–Crippen MR) is 63.9 cm³/mol. The quantitative estimate of drug-likeness (QED) is 0.764. The number of aromatic carboxylic acids is 2. The Morgan fingerprint density at radius 1 is 1.21 bits per heavy atom. The van der Waals surface area contributed by atoms with Crippen LogP contribution < -0.4 is 4.74 Å². The van der Waals surface area contributed by atoms with Crippen molar-refractivity contribution in [3.63, 3.8) is 0 Å². The normalized spacial score (nSPS) is 10.4. The van der Waals surface area contributed by atoms with Crippen LogP contribution in [-0.2, 0) is 0 Å². The fraction of sp³-hybridized carbons (Fsp3) is 0.0833. The van der Waals surface area contributed by atoms with Crippen LogP contribution in [-0.4, -0.2) is 39.4 Å². The van der Waals surface area contributed by atoms with E-state index >= 15 is 0 Å². The van der Waals surface area contributed by atoms with Gasteiger partial charge in [0, 0.05) is 0 Å². The third-order valence-electron chi connectivity index (χ3n) is 2.58. The minimum Gasteiger partial charge on any atom is -0.506 e. The summed E-state index contributed by atoms with van der Waals surface area (Å²) in [4.78, 5) is 25.8. The molecule has 0 bridgehead atoms. The maximum Gasteiger partial charge on any atom is 0.355 e. The van der Waals surface area contributed by atoms with Gasteiger partial charge < -0.3 is 20.1 Å². The number of ether oxygens (including phenoxy) is 1. The molecule has 98 valence electrons. The Morgan fingerprint density at radius 2 is 1.89 bits per heavy atom. The summed E-state index contributed by atoms with van der Waals surface area (Å²) < 4.78 is 5.00. The van der Waals surface area contributed by atoms with Crippen LogP contribution in [0.2, 0.25) is 0 Å². The maximum absolute atomic E-state index is 11.1. The number of pyridine rings is 1. The van der Waals surface area contributed by atoms with Gasteiger partial charge in [0.2, 0.25) is 0 Å². The van der Waals surface area contributed by atoms with Crippen LogP contribution in [0.4, 0.5) is 0 Å². The van der Waals surface area contributed by atoms with Crippen molar-refractivity contribution in [1.29, 1.82) is 0 Å². The topological polar surface area (TPSA) is 117 Å². The second kappa shape index (κ2) is 4.45. The fourth-order valence-corrected chi connectivity index (χ4v) is 1.79. The smallest absolute Gasteiger partial charge is 0.355 e. The number of carboxylic acid groups (broad SMARTS) is 2. The van der Waals surface area contributed by atoms with E-state index in [2.05, 4.69) is 4.98 Å². The zero-order chi connectivity index (χ0) is 14.2. The van der Waals surface area contributed by atoms with E-state index < -0.39 is 28.9 Å². The second-order valence-electron chi connectivity index (χ2n) is 3.65. The number of hydrogen-bond acceptors (Lipinski definition) is 5.